The topological polar surface area (TPSA) is 54.0 Å². The number of hydrogen-bond donors (Lipinski definition) is 0. The molecule has 0 spiro atoms. The van der Waals surface area contributed by atoms with Crippen LogP contribution in [0, 0.1) is 11.8 Å². The molecule has 5 nitrogen and oxygen atoms in total. The fourth-order valence-electron chi connectivity index (χ4n) is 5.36. The Morgan fingerprint density at radius 2 is 1.36 bits per heavy atom. The van der Waals surface area contributed by atoms with Gasteiger partial charge >= 0.3 is 5.97 Å². The number of hydrogen-bond acceptors (Lipinski definition) is 5. The van der Waals surface area contributed by atoms with Gasteiger partial charge < -0.3 is 18.9 Å². The lowest BCUT2D eigenvalue weighted by Gasteiger charge is -2.29. The second kappa shape index (κ2) is 20.5. The van der Waals surface area contributed by atoms with E-state index in [1.165, 1.54) is 89.9 Å². The van der Waals surface area contributed by atoms with E-state index in [2.05, 4.69) is 20.8 Å². The van der Waals surface area contributed by atoms with E-state index in [1.54, 1.807) is 24.3 Å². The second-order valence-electron chi connectivity index (χ2n) is 12.2. The lowest BCUT2D eigenvalue weighted by atomic mass is 10.0. The first-order valence-electron chi connectivity index (χ1n) is 16.9. The van der Waals surface area contributed by atoms with Crippen LogP contribution < -0.4 is 9.47 Å². The molecule has 2 aromatic carbocycles. The van der Waals surface area contributed by atoms with Crippen LogP contribution >= 0.6 is 0 Å². The number of carbonyl (C=O) groups excluding carboxylic acids is 1. The van der Waals surface area contributed by atoms with Gasteiger partial charge in [-0.2, -0.15) is 0 Å². The molecule has 1 unspecified atom stereocenters. The van der Waals surface area contributed by atoms with Crippen molar-refractivity contribution in [2.75, 3.05) is 19.8 Å². The van der Waals surface area contributed by atoms with Gasteiger partial charge in [0.25, 0.3) is 0 Å². The molecule has 1 saturated heterocycles. The van der Waals surface area contributed by atoms with E-state index in [0.717, 1.165) is 36.9 Å². The van der Waals surface area contributed by atoms with Gasteiger partial charge in [-0.05, 0) is 55.2 Å². The van der Waals surface area contributed by atoms with Crippen LogP contribution in [0.25, 0.3) is 0 Å². The maximum absolute atomic E-state index is 12.6. The third-order valence-electron chi connectivity index (χ3n) is 8.44. The van der Waals surface area contributed by atoms with Crippen LogP contribution in [-0.2, 0) is 9.47 Å². The van der Waals surface area contributed by atoms with E-state index in [9.17, 15) is 4.79 Å². The van der Waals surface area contributed by atoms with Crippen molar-refractivity contribution in [3.8, 4) is 11.5 Å². The molecule has 1 aliphatic rings. The normalized spacial score (nSPS) is 17.6. The fourth-order valence-corrected chi connectivity index (χ4v) is 5.36. The highest BCUT2D eigenvalue weighted by molar-refractivity contribution is 5.91. The summed E-state index contributed by atoms with van der Waals surface area (Å²) < 4.78 is 23.5. The minimum absolute atomic E-state index is 0.360. The highest BCUT2D eigenvalue weighted by Crippen LogP contribution is 2.29. The molecular formula is C37H56O5. The van der Waals surface area contributed by atoms with Gasteiger partial charge in [0.15, 0.2) is 6.29 Å². The number of benzene rings is 2. The zero-order valence-corrected chi connectivity index (χ0v) is 26.6. The van der Waals surface area contributed by atoms with Crippen molar-refractivity contribution >= 4 is 5.97 Å². The Morgan fingerprint density at radius 3 is 2.00 bits per heavy atom. The average molecular weight is 581 g/mol. The third kappa shape index (κ3) is 13.3. The quantitative estimate of drug-likeness (QED) is 0.0835. The van der Waals surface area contributed by atoms with Crippen molar-refractivity contribution in [3.05, 3.63) is 59.7 Å². The molecule has 2 aromatic rings. The van der Waals surface area contributed by atoms with E-state index < -0.39 is 0 Å². The number of carbonyl (C=O) groups is 1. The molecule has 0 radical (unpaired) electrons. The first-order valence-corrected chi connectivity index (χ1v) is 16.9. The number of ether oxygens (including phenoxy) is 4. The molecule has 234 valence electrons. The van der Waals surface area contributed by atoms with Crippen LogP contribution in [-0.4, -0.2) is 25.8 Å². The zero-order valence-electron chi connectivity index (χ0n) is 26.6. The Balaban J connectivity index is 1.29. The third-order valence-corrected chi connectivity index (χ3v) is 8.44. The summed E-state index contributed by atoms with van der Waals surface area (Å²) in [7, 11) is 0. The van der Waals surface area contributed by atoms with Crippen LogP contribution in [0.15, 0.2) is 48.5 Å². The van der Waals surface area contributed by atoms with Gasteiger partial charge in [-0.1, -0.05) is 116 Å². The summed E-state index contributed by atoms with van der Waals surface area (Å²) in [6, 6.07) is 14.6. The first kappa shape index (κ1) is 34.1. The lowest BCUT2D eigenvalue weighted by Crippen LogP contribution is -2.27. The zero-order chi connectivity index (χ0) is 29.8. The maximum atomic E-state index is 12.6. The predicted octanol–water partition coefficient (Wildman–Crippen LogP) is 10.5. The summed E-state index contributed by atoms with van der Waals surface area (Å²) in [5.74, 6) is 2.18. The largest absolute Gasteiger partial charge is 0.494 e. The number of rotatable bonds is 21. The van der Waals surface area contributed by atoms with Crippen LogP contribution in [0.2, 0.25) is 0 Å². The van der Waals surface area contributed by atoms with Crippen LogP contribution in [0.4, 0.5) is 0 Å². The van der Waals surface area contributed by atoms with Gasteiger partial charge in [0, 0.05) is 11.5 Å². The summed E-state index contributed by atoms with van der Waals surface area (Å²) in [4.78, 5) is 12.6. The van der Waals surface area contributed by atoms with Crippen LogP contribution in [0.1, 0.15) is 139 Å². The standard InChI is InChI=1S/C37H56O5/c1-4-6-7-8-9-10-11-12-15-18-31-28-40-37(41-29-31)33-21-25-35(26-22-33)42-36(38)32-19-23-34(24-20-32)39-27-16-13-14-17-30(3)5-2/h19-26,30-31,37H,4-18,27-29H2,1-3H3. The molecule has 0 aliphatic carbocycles. The van der Waals surface area contributed by atoms with Crippen LogP contribution in [0.3, 0.4) is 0 Å². The Morgan fingerprint density at radius 1 is 0.762 bits per heavy atom. The van der Waals surface area contributed by atoms with E-state index in [-0.39, 0.29) is 12.3 Å². The van der Waals surface area contributed by atoms with Gasteiger partial charge in [-0.25, -0.2) is 4.79 Å². The van der Waals surface area contributed by atoms with Crippen LogP contribution in [0.5, 0.6) is 11.5 Å². The smallest absolute Gasteiger partial charge is 0.343 e. The monoisotopic (exact) mass is 580 g/mol. The van der Waals surface area contributed by atoms with E-state index in [0.29, 0.717) is 23.8 Å². The van der Waals surface area contributed by atoms with E-state index >= 15 is 0 Å². The molecule has 0 N–H and O–H groups in total. The van der Waals surface area contributed by atoms with Gasteiger partial charge in [0.1, 0.15) is 11.5 Å². The summed E-state index contributed by atoms with van der Waals surface area (Å²) in [5, 5.41) is 0. The van der Waals surface area contributed by atoms with Crippen molar-refractivity contribution in [1.29, 1.82) is 0 Å². The Kier molecular flexibility index (Phi) is 16.7. The molecule has 42 heavy (non-hydrogen) atoms. The second-order valence-corrected chi connectivity index (χ2v) is 12.2. The molecule has 0 aromatic heterocycles. The molecule has 1 aliphatic heterocycles. The molecule has 0 amide bonds. The number of unbranched alkanes of at least 4 members (excludes halogenated alkanes) is 10. The highest BCUT2D eigenvalue weighted by Gasteiger charge is 2.23. The fraction of sp³-hybridized carbons (Fsp3) is 0.649. The molecule has 3 rings (SSSR count). The average Bonchev–Trinajstić information content (AvgIpc) is 3.02. The lowest BCUT2D eigenvalue weighted by molar-refractivity contribution is -0.206. The van der Waals surface area contributed by atoms with Crippen molar-refractivity contribution < 1.29 is 23.7 Å². The van der Waals surface area contributed by atoms with Crippen molar-refractivity contribution in [2.24, 2.45) is 11.8 Å². The van der Waals surface area contributed by atoms with Gasteiger partial charge in [-0.3, -0.25) is 0 Å². The SMILES string of the molecule is CCCCCCCCCCCC1COC(c2ccc(OC(=O)c3ccc(OCCCCCC(C)CC)cc3)cc2)OC1. The summed E-state index contributed by atoms with van der Waals surface area (Å²) >= 11 is 0. The Labute approximate surface area is 255 Å². The molecule has 0 bridgehead atoms. The van der Waals surface area contributed by atoms with Gasteiger partial charge in [0.05, 0.1) is 25.4 Å². The van der Waals surface area contributed by atoms with Gasteiger partial charge in [0.2, 0.25) is 0 Å². The summed E-state index contributed by atoms with van der Waals surface area (Å²) in [6.45, 7) is 8.99. The molecule has 1 fully saturated rings. The molecular weight excluding hydrogens is 524 g/mol. The maximum Gasteiger partial charge on any atom is 0.343 e. The Hall–Kier alpha value is -2.37. The summed E-state index contributed by atoms with van der Waals surface area (Å²) in [5.41, 5.74) is 1.44. The molecule has 1 atom stereocenters. The van der Waals surface area contributed by atoms with Crippen molar-refractivity contribution in [2.45, 2.75) is 123 Å². The van der Waals surface area contributed by atoms with Crippen molar-refractivity contribution in [1.82, 2.24) is 0 Å². The predicted molar refractivity (Wildman–Crippen MR) is 171 cm³/mol. The van der Waals surface area contributed by atoms with E-state index in [4.69, 9.17) is 18.9 Å². The molecule has 0 saturated carbocycles. The van der Waals surface area contributed by atoms with E-state index in [1.807, 2.05) is 24.3 Å². The molecule has 1 heterocycles. The molecule has 5 heteroatoms. The Bertz CT molecular complexity index is 963. The van der Waals surface area contributed by atoms with Gasteiger partial charge in [-0.15, -0.1) is 0 Å². The minimum Gasteiger partial charge on any atom is -0.494 e. The number of esters is 1. The van der Waals surface area contributed by atoms with Crippen molar-refractivity contribution in [3.63, 3.8) is 0 Å². The minimum atomic E-state index is -0.385. The highest BCUT2D eigenvalue weighted by atomic mass is 16.7. The summed E-state index contributed by atoms with van der Waals surface area (Å²) in [6.07, 6.45) is 19.0. The first-order chi connectivity index (χ1) is 20.6.